The first-order valence-electron chi connectivity index (χ1n) is 5.98. The summed E-state index contributed by atoms with van der Waals surface area (Å²) in [5.74, 6) is -0.326. The van der Waals surface area contributed by atoms with Crippen LogP contribution in [0.25, 0.3) is 0 Å². The number of nitrogens with one attached hydrogen (secondary N) is 1. The first kappa shape index (κ1) is 13.4. The molecule has 2 rings (SSSR count). The number of amides is 1. The predicted octanol–water partition coefficient (Wildman–Crippen LogP) is 2.28. The van der Waals surface area contributed by atoms with Gasteiger partial charge in [-0.3, -0.25) is 4.79 Å². The van der Waals surface area contributed by atoms with Crippen molar-refractivity contribution in [3.05, 3.63) is 28.7 Å². The second-order valence-corrected chi connectivity index (χ2v) is 5.54. The molecule has 1 amide bonds. The highest BCUT2D eigenvalue weighted by molar-refractivity contribution is 9.10. The molecule has 0 spiro atoms. The van der Waals surface area contributed by atoms with Gasteiger partial charge < -0.3 is 15.8 Å². The van der Waals surface area contributed by atoms with E-state index in [2.05, 4.69) is 21.2 Å². The average molecular weight is 313 g/mol. The molecule has 1 fully saturated rings. The van der Waals surface area contributed by atoms with Crippen molar-refractivity contribution in [3.63, 3.8) is 0 Å². The average Bonchev–Trinajstić information content (AvgIpc) is 2.32. The van der Waals surface area contributed by atoms with Gasteiger partial charge in [-0.25, -0.2) is 0 Å². The molecule has 0 bridgehead atoms. The van der Waals surface area contributed by atoms with Crippen molar-refractivity contribution >= 4 is 27.5 Å². The number of carbonyl (C=O) groups is 1. The van der Waals surface area contributed by atoms with Crippen LogP contribution in [0.2, 0.25) is 0 Å². The van der Waals surface area contributed by atoms with E-state index in [9.17, 15) is 4.79 Å². The summed E-state index contributed by atoms with van der Waals surface area (Å²) in [7, 11) is 0. The number of rotatable bonds is 3. The van der Waals surface area contributed by atoms with Crippen LogP contribution in [0.5, 0.6) is 0 Å². The highest BCUT2D eigenvalue weighted by Crippen LogP contribution is 2.32. The fourth-order valence-corrected chi connectivity index (χ4v) is 2.69. The lowest BCUT2D eigenvalue weighted by Gasteiger charge is -2.39. The quantitative estimate of drug-likeness (QED) is 0.900. The molecule has 1 aromatic rings. The van der Waals surface area contributed by atoms with Crippen molar-refractivity contribution in [2.24, 2.45) is 5.73 Å². The second-order valence-electron chi connectivity index (χ2n) is 4.69. The summed E-state index contributed by atoms with van der Waals surface area (Å²) >= 11 is 3.47. The van der Waals surface area contributed by atoms with Gasteiger partial charge in [0, 0.05) is 29.6 Å². The maximum atomic E-state index is 11.8. The molecule has 0 saturated carbocycles. The molecule has 1 heterocycles. The minimum Gasteiger partial charge on any atom is -0.378 e. The number of anilines is 1. The van der Waals surface area contributed by atoms with Gasteiger partial charge in [0.15, 0.2) is 0 Å². The monoisotopic (exact) mass is 312 g/mol. The Labute approximate surface area is 115 Å². The van der Waals surface area contributed by atoms with E-state index in [0.717, 1.165) is 10.2 Å². The van der Waals surface area contributed by atoms with E-state index in [1.807, 2.05) is 31.2 Å². The van der Waals surface area contributed by atoms with Gasteiger partial charge in [0.25, 0.3) is 0 Å². The summed E-state index contributed by atoms with van der Waals surface area (Å²) < 4.78 is 6.41. The fourth-order valence-electron chi connectivity index (χ4n) is 2.31. The number of ether oxygens (including phenoxy) is 1. The predicted molar refractivity (Wildman–Crippen MR) is 74.3 cm³/mol. The van der Waals surface area contributed by atoms with Gasteiger partial charge in [0.2, 0.25) is 5.91 Å². The van der Waals surface area contributed by atoms with Crippen LogP contribution in [0.4, 0.5) is 5.69 Å². The topological polar surface area (TPSA) is 64.3 Å². The van der Waals surface area contributed by atoms with E-state index in [1.54, 1.807) is 0 Å². The van der Waals surface area contributed by atoms with Crippen LogP contribution in [-0.2, 0) is 9.53 Å². The number of halogens is 1. The number of nitrogens with two attached hydrogens (primary N) is 1. The zero-order valence-corrected chi connectivity index (χ0v) is 11.9. The molecule has 5 heteroatoms. The minimum absolute atomic E-state index is 0.0289. The van der Waals surface area contributed by atoms with Gasteiger partial charge in [0.1, 0.15) is 5.54 Å². The van der Waals surface area contributed by atoms with E-state index >= 15 is 0 Å². The Bertz CT molecular complexity index is 452. The molecule has 1 aliphatic heterocycles. The van der Waals surface area contributed by atoms with Crippen LogP contribution in [0.3, 0.4) is 0 Å². The maximum absolute atomic E-state index is 11.8. The molecule has 1 aromatic carbocycles. The van der Waals surface area contributed by atoms with Crippen LogP contribution < -0.4 is 11.1 Å². The molecular formula is C13H17BrN2O2. The largest absolute Gasteiger partial charge is 0.378 e. The fraction of sp³-hybridized carbons (Fsp3) is 0.462. The third kappa shape index (κ3) is 2.67. The Hall–Kier alpha value is -1.07. The molecule has 2 unspecified atom stereocenters. The first-order chi connectivity index (χ1) is 8.53. The Morgan fingerprint density at radius 3 is 2.89 bits per heavy atom. The van der Waals surface area contributed by atoms with Gasteiger partial charge in [0.05, 0.1) is 6.10 Å². The van der Waals surface area contributed by atoms with Crippen LogP contribution in [-0.4, -0.2) is 24.2 Å². The smallest absolute Gasteiger partial charge is 0.243 e. The molecular weight excluding hydrogens is 296 g/mol. The first-order valence-corrected chi connectivity index (χ1v) is 6.77. The zero-order chi connectivity index (χ0) is 13.2. The van der Waals surface area contributed by atoms with Crippen molar-refractivity contribution in [1.29, 1.82) is 0 Å². The molecule has 2 atom stereocenters. The van der Waals surface area contributed by atoms with Crippen LogP contribution in [0.1, 0.15) is 19.8 Å². The number of hydrogen-bond donors (Lipinski definition) is 2. The van der Waals surface area contributed by atoms with Gasteiger partial charge >= 0.3 is 0 Å². The van der Waals surface area contributed by atoms with Gasteiger partial charge in [-0.2, -0.15) is 0 Å². The third-order valence-corrected chi connectivity index (χ3v) is 3.98. The normalized spacial score (nSPS) is 27.8. The van der Waals surface area contributed by atoms with Crippen molar-refractivity contribution in [2.45, 2.75) is 31.4 Å². The number of para-hydroxylation sites is 1. The van der Waals surface area contributed by atoms with Crippen molar-refractivity contribution in [3.8, 4) is 0 Å². The second kappa shape index (κ2) is 5.28. The SMILES string of the molecule is CC1CC(Nc2ccccc2Br)(C(N)=O)CCO1. The molecule has 0 radical (unpaired) electrons. The Morgan fingerprint density at radius 2 is 2.28 bits per heavy atom. The Morgan fingerprint density at radius 1 is 1.56 bits per heavy atom. The number of primary amides is 1. The van der Waals surface area contributed by atoms with Gasteiger partial charge in [-0.1, -0.05) is 12.1 Å². The highest BCUT2D eigenvalue weighted by Gasteiger charge is 2.41. The number of benzene rings is 1. The van der Waals surface area contributed by atoms with E-state index < -0.39 is 5.54 Å². The maximum Gasteiger partial charge on any atom is 0.243 e. The highest BCUT2D eigenvalue weighted by atomic mass is 79.9. The summed E-state index contributed by atoms with van der Waals surface area (Å²) in [5, 5.41) is 3.29. The third-order valence-electron chi connectivity index (χ3n) is 3.29. The van der Waals surface area contributed by atoms with E-state index in [4.69, 9.17) is 10.5 Å². The molecule has 3 N–H and O–H groups in total. The van der Waals surface area contributed by atoms with E-state index in [1.165, 1.54) is 0 Å². The minimum atomic E-state index is -0.721. The van der Waals surface area contributed by atoms with Gasteiger partial charge in [-0.05, 0) is 35.0 Å². The summed E-state index contributed by atoms with van der Waals surface area (Å²) in [4.78, 5) is 11.8. The lowest BCUT2D eigenvalue weighted by atomic mass is 9.86. The summed E-state index contributed by atoms with van der Waals surface area (Å²) in [6, 6.07) is 7.71. The Balaban J connectivity index is 2.26. The molecule has 0 aromatic heterocycles. The standard InChI is InChI=1S/C13H17BrN2O2/c1-9-8-13(12(15)17,6-7-18-9)16-11-5-3-2-4-10(11)14/h2-5,9,16H,6-8H2,1H3,(H2,15,17). The van der Waals surface area contributed by atoms with Crippen LogP contribution in [0, 0.1) is 0 Å². The van der Waals surface area contributed by atoms with Crippen molar-refractivity contribution < 1.29 is 9.53 Å². The lowest BCUT2D eigenvalue weighted by molar-refractivity contribution is -0.127. The lowest BCUT2D eigenvalue weighted by Crippen LogP contribution is -2.55. The number of hydrogen-bond acceptors (Lipinski definition) is 3. The molecule has 0 aliphatic carbocycles. The summed E-state index contributed by atoms with van der Waals surface area (Å²) in [6.45, 7) is 2.50. The molecule has 4 nitrogen and oxygen atoms in total. The number of carbonyl (C=O) groups excluding carboxylic acids is 1. The van der Waals surface area contributed by atoms with Crippen LogP contribution in [0.15, 0.2) is 28.7 Å². The molecule has 18 heavy (non-hydrogen) atoms. The molecule has 1 aliphatic rings. The van der Waals surface area contributed by atoms with Gasteiger partial charge in [-0.15, -0.1) is 0 Å². The van der Waals surface area contributed by atoms with E-state index in [-0.39, 0.29) is 12.0 Å². The molecule has 98 valence electrons. The summed E-state index contributed by atoms with van der Waals surface area (Å²) in [5.41, 5.74) is 5.75. The van der Waals surface area contributed by atoms with Crippen molar-refractivity contribution in [1.82, 2.24) is 0 Å². The Kier molecular flexibility index (Phi) is 3.92. The summed E-state index contributed by atoms with van der Waals surface area (Å²) in [6.07, 6.45) is 1.21. The zero-order valence-electron chi connectivity index (χ0n) is 10.3. The van der Waals surface area contributed by atoms with Crippen LogP contribution >= 0.6 is 15.9 Å². The van der Waals surface area contributed by atoms with Crippen molar-refractivity contribution in [2.75, 3.05) is 11.9 Å². The molecule has 1 saturated heterocycles. The van der Waals surface area contributed by atoms with E-state index in [0.29, 0.717) is 19.4 Å².